The van der Waals surface area contributed by atoms with Crippen molar-refractivity contribution in [1.82, 2.24) is 9.97 Å². The number of nitrogens with one attached hydrogen (secondary N) is 1. The first kappa shape index (κ1) is 12.4. The molecule has 1 N–H and O–H groups in total. The van der Waals surface area contributed by atoms with E-state index >= 15 is 0 Å². The lowest BCUT2D eigenvalue weighted by Gasteiger charge is -2.06. The molecule has 0 aliphatic carbocycles. The van der Waals surface area contributed by atoms with E-state index in [1.165, 1.54) is 6.07 Å². The lowest BCUT2D eigenvalue weighted by atomic mass is 10.2. The number of fused-ring (bicyclic) bond motifs is 1. The fourth-order valence-electron chi connectivity index (χ4n) is 1.85. The van der Waals surface area contributed by atoms with Crippen LogP contribution in [0.5, 0.6) is 11.5 Å². The molecule has 3 rings (SSSR count). The van der Waals surface area contributed by atoms with Crippen LogP contribution in [0.15, 0.2) is 42.7 Å². The van der Waals surface area contributed by atoms with Crippen LogP contribution in [0.25, 0.3) is 10.9 Å². The molecule has 7 heteroatoms. The van der Waals surface area contributed by atoms with Gasteiger partial charge < -0.3 is 9.72 Å². The van der Waals surface area contributed by atoms with Crippen LogP contribution in [0.1, 0.15) is 0 Å². The smallest absolute Gasteiger partial charge is 0.329 e. The molecule has 20 heavy (non-hydrogen) atoms. The molecular formula is C13H8ClN3O3. The van der Waals surface area contributed by atoms with Crippen LogP contribution < -0.4 is 4.74 Å². The first-order chi connectivity index (χ1) is 9.63. The van der Waals surface area contributed by atoms with Gasteiger partial charge in [-0.25, -0.2) is 4.98 Å². The molecule has 0 saturated carbocycles. The maximum atomic E-state index is 10.9. The van der Waals surface area contributed by atoms with Gasteiger partial charge in [-0.1, -0.05) is 11.6 Å². The highest BCUT2D eigenvalue weighted by Gasteiger charge is 2.17. The molecule has 0 unspecified atom stereocenters. The van der Waals surface area contributed by atoms with E-state index in [-0.39, 0.29) is 16.6 Å². The Morgan fingerprint density at radius 2 is 2.15 bits per heavy atom. The minimum absolute atomic E-state index is 0.0601. The van der Waals surface area contributed by atoms with E-state index < -0.39 is 4.92 Å². The zero-order valence-corrected chi connectivity index (χ0v) is 10.8. The van der Waals surface area contributed by atoms with Gasteiger partial charge in [-0.05, 0) is 24.3 Å². The summed E-state index contributed by atoms with van der Waals surface area (Å²) in [5.74, 6) is 0.548. The van der Waals surface area contributed by atoms with Gasteiger partial charge in [-0.2, -0.15) is 0 Å². The van der Waals surface area contributed by atoms with Gasteiger partial charge in [0.05, 0.1) is 4.92 Å². The second-order valence-electron chi connectivity index (χ2n) is 4.06. The largest absolute Gasteiger partial charge is 0.450 e. The van der Waals surface area contributed by atoms with Crippen LogP contribution in [0.2, 0.25) is 5.15 Å². The standard InChI is InChI=1S/C13H8ClN3O3/c14-13-6-12(11(7-16-13)17(18)19)20-9-1-2-10-8(5-9)3-4-15-10/h1-7,15H. The number of nitro groups is 1. The van der Waals surface area contributed by atoms with Crippen molar-refractivity contribution in [2.24, 2.45) is 0 Å². The molecule has 100 valence electrons. The number of nitrogens with zero attached hydrogens (tertiary/aromatic N) is 2. The summed E-state index contributed by atoms with van der Waals surface area (Å²) in [6.07, 6.45) is 2.88. The Morgan fingerprint density at radius 3 is 2.95 bits per heavy atom. The first-order valence-electron chi connectivity index (χ1n) is 5.68. The molecule has 0 saturated heterocycles. The lowest BCUT2D eigenvalue weighted by molar-refractivity contribution is -0.386. The summed E-state index contributed by atoms with van der Waals surface area (Å²) >= 11 is 5.75. The van der Waals surface area contributed by atoms with Gasteiger partial charge in [0.2, 0.25) is 5.75 Å². The molecule has 0 radical (unpaired) electrons. The molecule has 0 fully saturated rings. The van der Waals surface area contributed by atoms with Crippen molar-refractivity contribution in [1.29, 1.82) is 0 Å². The molecule has 0 bridgehead atoms. The average Bonchev–Trinajstić information content (AvgIpc) is 2.85. The Hall–Kier alpha value is -2.60. The predicted octanol–water partition coefficient (Wildman–Crippen LogP) is 3.92. The molecule has 0 spiro atoms. The zero-order chi connectivity index (χ0) is 14.1. The highest BCUT2D eigenvalue weighted by Crippen LogP contribution is 2.33. The Kier molecular flexibility index (Phi) is 3.00. The topological polar surface area (TPSA) is 81.1 Å². The summed E-state index contributed by atoms with van der Waals surface area (Å²) in [5, 5.41) is 12.0. The predicted molar refractivity (Wildman–Crippen MR) is 74.3 cm³/mol. The van der Waals surface area contributed by atoms with Gasteiger partial charge in [0.1, 0.15) is 17.1 Å². The molecule has 0 aliphatic rings. The Morgan fingerprint density at radius 1 is 1.30 bits per heavy atom. The van der Waals surface area contributed by atoms with Crippen LogP contribution in [-0.4, -0.2) is 14.9 Å². The number of rotatable bonds is 3. The van der Waals surface area contributed by atoms with Gasteiger partial charge in [-0.15, -0.1) is 0 Å². The highest BCUT2D eigenvalue weighted by atomic mass is 35.5. The molecule has 0 amide bonds. The minimum atomic E-state index is -0.562. The van der Waals surface area contributed by atoms with Gasteiger partial charge >= 0.3 is 5.69 Å². The third-order valence-corrected chi connectivity index (χ3v) is 2.97. The molecule has 0 atom stereocenters. The second kappa shape index (κ2) is 4.82. The fraction of sp³-hybridized carbons (Fsp3) is 0. The summed E-state index contributed by atoms with van der Waals surface area (Å²) in [7, 11) is 0. The van der Waals surface area contributed by atoms with Crippen molar-refractivity contribution in [2.45, 2.75) is 0 Å². The van der Waals surface area contributed by atoms with Gasteiger partial charge in [-0.3, -0.25) is 10.1 Å². The number of hydrogen-bond donors (Lipinski definition) is 1. The normalized spacial score (nSPS) is 10.7. The number of aromatic nitrogens is 2. The Balaban J connectivity index is 2.01. The average molecular weight is 290 g/mol. The van der Waals surface area contributed by atoms with Crippen molar-refractivity contribution in [3.05, 3.63) is 58.0 Å². The maximum absolute atomic E-state index is 10.9. The summed E-state index contributed by atoms with van der Waals surface area (Å²) in [6.45, 7) is 0. The summed E-state index contributed by atoms with van der Waals surface area (Å²) < 4.78 is 5.55. The summed E-state index contributed by atoms with van der Waals surface area (Å²) in [6, 6.07) is 8.54. The monoisotopic (exact) mass is 289 g/mol. The van der Waals surface area contributed by atoms with E-state index in [1.54, 1.807) is 18.3 Å². The summed E-state index contributed by atoms with van der Waals surface area (Å²) in [5.41, 5.74) is 0.725. The molecular weight excluding hydrogens is 282 g/mol. The van der Waals surface area contributed by atoms with E-state index in [9.17, 15) is 10.1 Å². The van der Waals surface area contributed by atoms with Crippen LogP contribution >= 0.6 is 11.6 Å². The van der Waals surface area contributed by atoms with Crippen LogP contribution in [0.4, 0.5) is 5.69 Å². The van der Waals surface area contributed by atoms with E-state index in [1.807, 2.05) is 12.1 Å². The number of aromatic amines is 1. The van der Waals surface area contributed by atoms with Crippen LogP contribution in [0.3, 0.4) is 0 Å². The fourth-order valence-corrected chi connectivity index (χ4v) is 1.99. The third-order valence-electron chi connectivity index (χ3n) is 2.76. The second-order valence-corrected chi connectivity index (χ2v) is 4.45. The molecule has 0 aliphatic heterocycles. The lowest BCUT2D eigenvalue weighted by Crippen LogP contribution is -1.94. The van der Waals surface area contributed by atoms with Gasteiger partial charge in [0.15, 0.2) is 0 Å². The van der Waals surface area contributed by atoms with E-state index in [4.69, 9.17) is 16.3 Å². The van der Waals surface area contributed by atoms with E-state index in [2.05, 4.69) is 9.97 Å². The van der Waals surface area contributed by atoms with Crippen LogP contribution in [-0.2, 0) is 0 Å². The Labute approximate surface area is 118 Å². The number of H-pyrrole nitrogens is 1. The number of benzene rings is 1. The Bertz CT molecular complexity index is 800. The molecule has 3 aromatic rings. The van der Waals surface area contributed by atoms with Crippen molar-refractivity contribution in [3.63, 3.8) is 0 Å². The quantitative estimate of drug-likeness (QED) is 0.450. The van der Waals surface area contributed by atoms with Crippen molar-refractivity contribution in [2.75, 3.05) is 0 Å². The van der Waals surface area contributed by atoms with Crippen molar-refractivity contribution < 1.29 is 9.66 Å². The van der Waals surface area contributed by atoms with Gasteiger partial charge in [0.25, 0.3) is 0 Å². The number of halogens is 1. The minimum Gasteiger partial charge on any atom is -0.450 e. The molecule has 2 heterocycles. The number of ether oxygens (including phenoxy) is 1. The van der Waals surface area contributed by atoms with E-state index in [0.717, 1.165) is 17.1 Å². The third kappa shape index (κ3) is 2.28. The summed E-state index contributed by atoms with van der Waals surface area (Å²) in [4.78, 5) is 17.1. The van der Waals surface area contributed by atoms with Gasteiger partial charge in [0, 0.05) is 23.2 Å². The highest BCUT2D eigenvalue weighted by molar-refractivity contribution is 6.29. The van der Waals surface area contributed by atoms with Crippen LogP contribution in [0, 0.1) is 10.1 Å². The van der Waals surface area contributed by atoms with Crippen molar-refractivity contribution in [3.8, 4) is 11.5 Å². The van der Waals surface area contributed by atoms with Crippen molar-refractivity contribution >= 4 is 28.2 Å². The SMILES string of the molecule is O=[N+]([O-])c1cnc(Cl)cc1Oc1ccc2[nH]ccc2c1. The maximum Gasteiger partial charge on any atom is 0.329 e. The molecule has 6 nitrogen and oxygen atoms in total. The number of pyridine rings is 1. The zero-order valence-electron chi connectivity index (χ0n) is 10.0. The molecule has 1 aromatic carbocycles. The molecule has 2 aromatic heterocycles. The first-order valence-corrected chi connectivity index (χ1v) is 6.06. The number of hydrogen-bond acceptors (Lipinski definition) is 4. The van der Waals surface area contributed by atoms with E-state index in [0.29, 0.717) is 5.75 Å².